The molecule has 5 nitrogen and oxygen atoms in total. The van der Waals surface area contributed by atoms with E-state index in [-0.39, 0.29) is 0 Å². The zero-order valence-corrected chi connectivity index (χ0v) is 14.5. The van der Waals surface area contributed by atoms with E-state index in [9.17, 15) is 0 Å². The van der Waals surface area contributed by atoms with Crippen LogP contribution in [0.25, 0.3) is 0 Å². The molecule has 1 saturated carbocycles. The zero-order valence-electron chi connectivity index (χ0n) is 13.6. The van der Waals surface area contributed by atoms with Crippen LogP contribution in [-0.2, 0) is 6.54 Å². The predicted molar refractivity (Wildman–Crippen MR) is 92.4 cm³/mol. The van der Waals surface area contributed by atoms with Gasteiger partial charge in [-0.15, -0.1) is 11.3 Å². The lowest BCUT2D eigenvalue weighted by Gasteiger charge is -2.16. The molecule has 2 aliphatic rings. The van der Waals surface area contributed by atoms with Crippen LogP contribution in [0.4, 0.5) is 0 Å². The lowest BCUT2D eigenvalue weighted by molar-refractivity contribution is 0.314. The maximum atomic E-state index is 4.65. The number of thiazole rings is 1. The minimum atomic E-state index is 0.659. The minimum absolute atomic E-state index is 0.659. The number of aliphatic imine (C=N–C) groups is 1. The quantitative estimate of drug-likeness (QED) is 0.621. The molecule has 0 amide bonds. The molecule has 1 atom stereocenters. The van der Waals surface area contributed by atoms with Gasteiger partial charge in [-0.05, 0) is 45.6 Å². The summed E-state index contributed by atoms with van der Waals surface area (Å²) in [6, 6.07) is 0.903. The van der Waals surface area contributed by atoms with Crippen molar-refractivity contribution >= 4 is 17.3 Å². The van der Waals surface area contributed by atoms with Gasteiger partial charge in [0, 0.05) is 36.8 Å². The Kier molecular flexibility index (Phi) is 5.31. The number of guanidine groups is 1. The summed E-state index contributed by atoms with van der Waals surface area (Å²) < 4.78 is 0. The van der Waals surface area contributed by atoms with E-state index < -0.39 is 0 Å². The summed E-state index contributed by atoms with van der Waals surface area (Å²) in [4.78, 5) is 12.9. The highest BCUT2D eigenvalue weighted by Crippen LogP contribution is 2.31. The fraction of sp³-hybridized carbons (Fsp3) is 0.750. The van der Waals surface area contributed by atoms with Gasteiger partial charge in [-0.25, -0.2) is 9.98 Å². The van der Waals surface area contributed by atoms with Crippen molar-refractivity contribution in [2.75, 3.05) is 26.2 Å². The van der Waals surface area contributed by atoms with Crippen molar-refractivity contribution < 1.29 is 0 Å². The van der Waals surface area contributed by atoms with Crippen LogP contribution >= 0.6 is 11.3 Å². The molecule has 1 aromatic heterocycles. The van der Waals surface area contributed by atoms with E-state index in [4.69, 9.17) is 0 Å². The lowest BCUT2D eigenvalue weighted by atomic mass is 10.1. The second kappa shape index (κ2) is 7.42. The first-order valence-electron chi connectivity index (χ1n) is 8.42. The third-order valence-electron chi connectivity index (χ3n) is 4.32. The molecule has 122 valence electrons. The van der Waals surface area contributed by atoms with Crippen molar-refractivity contribution in [1.29, 1.82) is 0 Å². The number of hydrogen-bond acceptors (Lipinski definition) is 4. The maximum absolute atomic E-state index is 4.65. The van der Waals surface area contributed by atoms with Crippen LogP contribution in [0.5, 0.6) is 0 Å². The SMILES string of the molecule is CCNC(=NCc1ncc(C)s1)NCC1CCN(C2CC2)C1. The monoisotopic (exact) mass is 321 g/mol. The van der Waals surface area contributed by atoms with Gasteiger partial charge in [-0.1, -0.05) is 0 Å². The fourth-order valence-electron chi connectivity index (χ4n) is 3.00. The van der Waals surface area contributed by atoms with Crippen LogP contribution in [0.2, 0.25) is 0 Å². The molecule has 2 heterocycles. The first-order valence-corrected chi connectivity index (χ1v) is 9.23. The summed E-state index contributed by atoms with van der Waals surface area (Å²) in [7, 11) is 0. The molecule has 2 fully saturated rings. The zero-order chi connectivity index (χ0) is 15.4. The standard InChI is InChI=1S/C16H27N5S/c1-3-17-16(20-10-15-18-8-12(2)22-15)19-9-13-6-7-21(11-13)14-4-5-14/h8,13-14H,3-7,9-11H2,1-2H3,(H2,17,19,20). The molecule has 1 aromatic rings. The average Bonchev–Trinajstić information content (AvgIpc) is 3.11. The van der Waals surface area contributed by atoms with E-state index in [1.54, 1.807) is 11.3 Å². The normalized spacial score (nSPS) is 23.0. The maximum Gasteiger partial charge on any atom is 0.191 e. The summed E-state index contributed by atoms with van der Waals surface area (Å²) in [5, 5.41) is 7.92. The van der Waals surface area contributed by atoms with Gasteiger partial charge in [0.1, 0.15) is 5.01 Å². The molecular formula is C16H27N5S. The highest BCUT2D eigenvalue weighted by Gasteiger charge is 2.34. The summed E-state index contributed by atoms with van der Waals surface area (Å²) in [5.41, 5.74) is 0. The Morgan fingerprint density at radius 1 is 1.41 bits per heavy atom. The van der Waals surface area contributed by atoms with Crippen molar-refractivity contribution in [3.05, 3.63) is 16.1 Å². The predicted octanol–water partition coefficient (Wildman–Crippen LogP) is 1.99. The number of likely N-dealkylation sites (tertiary alicyclic amines) is 1. The van der Waals surface area contributed by atoms with E-state index in [1.807, 2.05) is 6.20 Å². The molecule has 2 N–H and O–H groups in total. The van der Waals surface area contributed by atoms with Crippen LogP contribution in [-0.4, -0.2) is 48.1 Å². The molecule has 0 spiro atoms. The van der Waals surface area contributed by atoms with Crippen LogP contribution in [0.1, 0.15) is 36.1 Å². The average molecular weight is 321 g/mol. The molecule has 1 aliphatic heterocycles. The number of rotatable bonds is 6. The first kappa shape index (κ1) is 15.7. The van der Waals surface area contributed by atoms with E-state index in [1.165, 1.54) is 37.2 Å². The van der Waals surface area contributed by atoms with Gasteiger partial charge in [0.05, 0.1) is 6.54 Å². The number of nitrogens with zero attached hydrogens (tertiary/aromatic N) is 3. The van der Waals surface area contributed by atoms with Crippen molar-refractivity contribution in [2.24, 2.45) is 10.9 Å². The van der Waals surface area contributed by atoms with E-state index >= 15 is 0 Å². The summed E-state index contributed by atoms with van der Waals surface area (Å²) in [6.07, 6.45) is 6.06. The van der Waals surface area contributed by atoms with Crippen LogP contribution in [0.15, 0.2) is 11.2 Å². The molecule has 0 radical (unpaired) electrons. The second-order valence-corrected chi connectivity index (χ2v) is 7.64. The molecule has 0 bridgehead atoms. The highest BCUT2D eigenvalue weighted by atomic mass is 32.1. The Labute approximate surface area is 137 Å². The Balaban J connectivity index is 1.46. The molecule has 6 heteroatoms. The Morgan fingerprint density at radius 3 is 2.95 bits per heavy atom. The van der Waals surface area contributed by atoms with Gasteiger partial charge < -0.3 is 15.5 Å². The number of hydrogen-bond donors (Lipinski definition) is 2. The third-order valence-corrected chi connectivity index (χ3v) is 5.22. The van der Waals surface area contributed by atoms with Crippen LogP contribution in [0.3, 0.4) is 0 Å². The largest absolute Gasteiger partial charge is 0.357 e. The van der Waals surface area contributed by atoms with Crippen molar-refractivity contribution in [3.8, 4) is 0 Å². The molecular weight excluding hydrogens is 294 g/mol. The van der Waals surface area contributed by atoms with E-state index in [0.29, 0.717) is 6.54 Å². The van der Waals surface area contributed by atoms with Crippen LogP contribution in [0, 0.1) is 12.8 Å². The van der Waals surface area contributed by atoms with E-state index in [0.717, 1.165) is 36.0 Å². The lowest BCUT2D eigenvalue weighted by Crippen LogP contribution is -2.40. The van der Waals surface area contributed by atoms with Gasteiger partial charge in [0.25, 0.3) is 0 Å². The number of nitrogens with one attached hydrogen (secondary N) is 2. The number of aryl methyl sites for hydroxylation is 1. The molecule has 0 aromatic carbocycles. The van der Waals surface area contributed by atoms with Crippen molar-refractivity contribution in [1.82, 2.24) is 20.5 Å². The van der Waals surface area contributed by atoms with Gasteiger partial charge in [-0.2, -0.15) is 0 Å². The molecule has 3 rings (SSSR count). The number of aromatic nitrogens is 1. The molecule has 1 saturated heterocycles. The fourth-order valence-corrected chi connectivity index (χ4v) is 3.72. The van der Waals surface area contributed by atoms with Gasteiger partial charge >= 0.3 is 0 Å². The highest BCUT2D eigenvalue weighted by molar-refractivity contribution is 7.11. The third kappa shape index (κ3) is 4.43. The van der Waals surface area contributed by atoms with Crippen molar-refractivity contribution in [3.63, 3.8) is 0 Å². The van der Waals surface area contributed by atoms with Crippen LogP contribution < -0.4 is 10.6 Å². The van der Waals surface area contributed by atoms with Gasteiger partial charge in [0.15, 0.2) is 5.96 Å². The van der Waals surface area contributed by atoms with Gasteiger partial charge in [0.2, 0.25) is 0 Å². The van der Waals surface area contributed by atoms with Gasteiger partial charge in [-0.3, -0.25) is 0 Å². The summed E-state index contributed by atoms with van der Waals surface area (Å²) >= 11 is 1.72. The Bertz CT molecular complexity index is 508. The molecule has 22 heavy (non-hydrogen) atoms. The molecule has 1 unspecified atom stereocenters. The topological polar surface area (TPSA) is 52.6 Å². The Hall–Kier alpha value is -1.14. The smallest absolute Gasteiger partial charge is 0.191 e. The molecule has 1 aliphatic carbocycles. The van der Waals surface area contributed by atoms with E-state index in [2.05, 4.69) is 39.4 Å². The summed E-state index contributed by atoms with van der Waals surface area (Å²) in [6.45, 7) is 9.29. The first-order chi connectivity index (χ1) is 10.7. The van der Waals surface area contributed by atoms with Crippen molar-refractivity contribution in [2.45, 2.75) is 45.7 Å². The minimum Gasteiger partial charge on any atom is -0.357 e. The Morgan fingerprint density at radius 2 is 2.27 bits per heavy atom. The summed E-state index contributed by atoms with van der Waals surface area (Å²) in [5.74, 6) is 1.67. The second-order valence-electron chi connectivity index (χ2n) is 6.32.